The number of carboxylic acid groups (broad SMARTS) is 1. The SMILES string of the molecule is O=C(O)[C@@]1(CC2CC2)CN(S(=O)(=O)c2cccs2)CC[C@H]1O. The number of carbonyl (C=O) groups is 1. The maximum Gasteiger partial charge on any atom is 0.313 e. The third kappa shape index (κ3) is 2.68. The fourth-order valence-electron chi connectivity index (χ4n) is 3.12. The zero-order valence-corrected chi connectivity index (χ0v) is 13.6. The molecule has 2 heterocycles. The Balaban J connectivity index is 1.90. The molecule has 1 aromatic rings. The monoisotopic (exact) mass is 345 g/mol. The minimum atomic E-state index is -3.68. The molecule has 1 saturated carbocycles. The number of hydrogen-bond acceptors (Lipinski definition) is 5. The topological polar surface area (TPSA) is 94.9 Å². The smallest absolute Gasteiger partial charge is 0.313 e. The molecule has 2 fully saturated rings. The van der Waals surface area contributed by atoms with Gasteiger partial charge in [0.25, 0.3) is 10.0 Å². The van der Waals surface area contributed by atoms with Crippen LogP contribution >= 0.6 is 11.3 Å². The lowest BCUT2D eigenvalue weighted by molar-refractivity contribution is -0.162. The zero-order chi connectivity index (χ0) is 16.0. The first-order valence-electron chi connectivity index (χ1n) is 7.31. The second-order valence-corrected chi connectivity index (χ2v) is 9.30. The molecule has 8 heteroatoms. The van der Waals surface area contributed by atoms with Gasteiger partial charge in [-0.05, 0) is 30.2 Å². The average Bonchev–Trinajstić information content (AvgIpc) is 3.09. The highest BCUT2D eigenvalue weighted by molar-refractivity contribution is 7.91. The quantitative estimate of drug-likeness (QED) is 0.840. The van der Waals surface area contributed by atoms with Crippen molar-refractivity contribution in [1.29, 1.82) is 0 Å². The van der Waals surface area contributed by atoms with Crippen LogP contribution in [0.5, 0.6) is 0 Å². The molecule has 1 aliphatic carbocycles. The summed E-state index contributed by atoms with van der Waals surface area (Å²) in [6.07, 6.45) is 1.42. The number of sulfonamides is 1. The summed E-state index contributed by atoms with van der Waals surface area (Å²) in [5.41, 5.74) is -1.39. The Kier molecular flexibility index (Phi) is 4.05. The second-order valence-electron chi connectivity index (χ2n) is 6.18. The van der Waals surface area contributed by atoms with Crippen molar-refractivity contribution >= 4 is 27.3 Å². The molecular weight excluding hydrogens is 326 g/mol. The van der Waals surface area contributed by atoms with Crippen LogP contribution in [0.2, 0.25) is 0 Å². The number of carboxylic acids is 1. The number of aliphatic hydroxyl groups excluding tert-OH is 1. The van der Waals surface area contributed by atoms with Gasteiger partial charge < -0.3 is 10.2 Å². The van der Waals surface area contributed by atoms with Crippen molar-refractivity contribution < 1.29 is 23.4 Å². The zero-order valence-electron chi connectivity index (χ0n) is 12.0. The molecule has 2 aliphatic rings. The Morgan fingerprint density at radius 3 is 2.68 bits per heavy atom. The van der Waals surface area contributed by atoms with Gasteiger partial charge in [0.2, 0.25) is 0 Å². The van der Waals surface area contributed by atoms with Crippen LogP contribution in [0.3, 0.4) is 0 Å². The van der Waals surface area contributed by atoms with E-state index in [1.54, 1.807) is 11.4 Å². The third-order valence-corrected chi connectivity index (χ3v) is 7.83. The van der Waals surface area contributed by atoms with E-state index in [4.69, 9.17) is 0 Å². The van der Waals surface area contributed by atoms with Crippen molar-refractivity contribution in [2.24, 2.45) is 11.3 Å². The van der Waals surface area contributed by atoms with Crippen molar-refractivity contribution in [3.05, 3.63) is 17.5 Å². The van der Waals surface area contributed by atoms with Crippen LogP contribution in [0, 0.1) is 11.3 Å². The normalized spacial score (nSPS) is 30.3. The van der Waals surface area contributed by atoms with Gasteiger partial charge in [0, 0.05) is 13.1 Å². The predicted octanol–water partition coefficient (Wildman–Crippen LogP) is 1.37. The van der Waals surface area contributed by atoms with Gasteiger partial charge in [0.1, 0.15) is 9.62 Å². The highest BCUT2D eigenvalue weighted by Gasteiger charge is 2.53. The molecule has 0 spiro atoms. The third-order valence-electron chi connectivity index (χ3n) is 4.61. The summed E-state index contributed by atoms with van der Waals surface area (Å²) in [5.74, 6) is -0.812. The Bertz CT molecular complexity index is 653. The van der Waals surface area contributed by atoms with E-state index in [1.165, 1.54) is 10.4 Å². The first-order valence-corrected chi connectivity index (χ1v) is 9.63. The van der Waals surface area contributed by atoms with Gasteiger partial charge in [0.05, 0.1) is 6.10 Å². The molecular formula is C14H19NO5S2. The molecule has 0 amide bonds. The van der Waals surface area contributed by atoms with E-state index in [0.29, 0.717) is 6.42 Å². The molecule has 2 N–H and O–H groups in total. The molecule has 22 heavy (non-hydrogen) atoms. The van der Waals surface area contributed by atoms with Crippen LogP contribution in [-0.2, 0) is 14.8 Å². The number of nitrogens with zero attached hydrogens (tertiary/aromatic N) is 1. The van der Waals surface area contributed by atoms with Crippen molar-refractivity contribution in [2.45, 2.75) is 36.0 Å². The Morgan fingerprint density at radius 2 is 2.14 bits per heavy atom. The lowest BCUT2D eigenvalue weighted by atomic mass is 9.74. The second kappa shape index (κ2) is 5.59. The minimum absolute atomic E-state index is 0.153. The maximum atomic E-state index is 12.6. The van der Waals surface area contributed by atoms with E-state index in [2.05, 4.69) is 0 Å². The molecule has 0 aromatic carbocycles. The van der Waals surface area contributed by atoms with E-state index < -0.39 is 27.5 Å². The number of aliphatic hydroxyl groups is 1. The molecule has 1 saturated heterocycles. The number of hydrogen-bond donors (Lipinski definition) is 2. The summed E-state index contributed by atoms with van der Waals surface area (Å²) in [6.45, 7) is 0.00132. The van der Waals surface area contributed by atoms with Gasteiger partial charge in [-0.2, -0.15) is 4.31 Å². The van der Waals surface area contributed by atoms with Crippen molar-refractivity contribution in [2.75, 3.05) is 13.1 Å². The summed E-state index contributed by atoms with van der Waals surface area (Å²) >= 11 is 1.12. The van der Waals surface area contributed by atoms with E-state index in [9.17, 15) is 23.4 Å². The van der Waals surface area contributed by atoms with Crippen molar-refractivity contribution in [3.63, 3.8) is 0 Å². The van der Waals surface area contributed by atoms with Crippen LogP contribution in [0.25, 0.3) is 0 Å². The van der Waals surface area contributed by atoms with Gasteiger partial charge in [-0.15, -0.1) is 11.3 Å². The van der Waals surface area contributed by atoms with Gasteiger partial charge >= 0.3 is 5.97 Å². The largest absolute Gasteiger partial charge is 0.481 e. The van der Waals surface area contributed by atoms with E-state index in [0.717, 1.165) is 24.2 Å². The van der Waals surface area contributed by atoms with E-state index in [-0.39, 0.29) is 29.6 Å². The Morgan fingerprint density at radius 1 is 1.41 bits per heavy atom. The molecule has 1 aliphatic heterocycles. The summed E-state index contributed by atoms with van der Waals surface area (Å²) in [4.78, 5) is 11.8. The van der Waals surface area contributed by atoms with Crippen LogP contribution in [0.15, 0.2) is 21.7 Å². The van der Waals surface area contributed by atoms with Crippen molar-refractivity contribution in [3.8, 4) is 0 Å². The fourth-order valence-corrected chi connectivity index (χ4v) is 5.79. The van der Waals surface area contributed by atoms with Gasteiger partial charge in [-0.3, -0.25) is 4.79 Å². The average molecular weight is 345 g/mol. The van der Waals surface area contributed by atoms with Crippen LogP contribution in [-0.4, -0.2) is 48.1 Å². The molecule has 0 bridgehead atoms. The lowest BCUT2D eigenvalue weighted by Crippen LogP contribution is -2.57. The molecule has 6 nitrogen and oxygen atoms in total. The summed E-state index contributed by atoms with van der Waals surface area (Å²) in [6, 6.07) is 3.18. The molecule has 2 atom stereocenters. The highest BCUT2D eigenvalue weighted by atomic mass is 32.2. The van der Waals surface area contributed by atoms with Crippen LogP contribution in [0.1, 0.15) is 25.7 Å². The first kappa shape index (κ1) is 15.9. The van der Waals surface area contributed by atoms with Crippen molar-refractivity contribution in [1.82, 2.24) is 4.31 Å². The Hall–Kier alpha value is -0.960. The Labute approximate surface area is 133 Å². The van der Waals surface area contributed by atoms with E-state index >= 15 is 0 Å². The summed E-state index contributed by atoms with van der Waals surface area (Å²) in [7, 11) is -3.68. The number of aliphatic carboxylic acids is 1. The molecule has 0 radical (unpaired) electrons. The molecule has 122 valence electrons. The lowest BCUT2D eigenvalue weighted by Gasteiger charge is -2.42. The number of piperidine rings is 1. The van der Waals surface area contributed by atoms with Gasteiger partial charge in [0.15, 0.2) is 0 Å². The highest BCUT2D eigenvalue weighted by Crippen LogP contribution is 2.45. The van der Waals surface area contributed by atoms with Crippen LogP contribution in [0.4, 0.5) is 0 Å². The van der Waals surface area contributed by atoms with Gasteiger partial charge in [-0.25, -0.2) is 8.42 Å². The maximum absolute atomic E-state index is 12.6. The predicted molar refractivity (Wildman–Crippen MR) is 81.1 cm³/mol. The minimum Gasteiger partial charge on any atom is -0.481 e. The molecule has 3 rings (SSSR count). The number of thiophene rings is 1. The molecule has 0 unspecified atom stereocenters. The summed E-state index contributed by atoms with van der Waals surface area (Å²) < 4.78 is 26.7. The standard InChI is InChI=1S/C14H19NO5S2/c16-11-5-6-15(22(19,20)12-2-1-7-21-12)9-14(11,13(17)18)8-10-3-4-10/h1-2,7,10-11,16H,3-6,8-9H2,(H,17,18)/t11-,14+/m1/s1. The van der Waals surface area contributed by atoms with E-state index in [1.807, 2.05) is 0 Å². The summed E-state index contributed by atoms with van der Waals surface area (Å²) in [5, 5.41) is 21.6. The first-order chi connectivity index (χ1) is 10.4. The molecule has 1 aromatic heterocycles. The fraction of sp³-hybridized carbons (Fsp3) is 0.643. The number of rotatable bonds is 5. The van der Waals surface area contributed by atoms with Gasteiger partial charge in [-0.1, -0.05) is 18.9 Å². The van der Waals surface area contributed by atoms with Crippen LogP contribution < -0.4 is 0 Å².